The molecule has 0 aliphatic carbocycles. The van der Waals surface area contributed by atoms with Gasteiger partial charge < -0.3 is 28.4 Å². The molecule has 10 nitrogen and oxygen atoms in total. The maximum absolute atomic E-state index is 6.32. The van der Waals surface area contributed by atoms with Crippen molar-refractivity contribution in [2.75, 3.05) is 105 Å². The van der Waals surface area contributed by atoms with Crippen LogP contribution in [0.25, 0.3) is 0 Å². The normalized spacial score (nSPS) is 24.0. The summed E-state index contributed by atoms with van der Waals surface area (Å²) in [7, 11) is 0. The minimum atomic E-state index is 0.507. The molecule has 1 saturated heterocycles. The van der Waals surface area contributed by atoms with Crippen molar-refractivity contribution in [3.63, 3.8) is 0 Å². The topological polar surface area (TPSA) is 68.3 Å². The number of benzene rings is 4. The van der Waals surface area contributed by atoms with Crippen molar-refractivity contribution >= 4 is 0 Å². The summed E-state index contributed by atoms with van der Waals surface area (Å²) in [5, 5.41) is 0. The zero-order valence-electron chi connectivity index (χ0n) is 34.4. The van der Waals surface area contributed by atoms with Crippen molar-refractivity contribution in [1.82, 2.24) is 19.6 Å². The van der Waals surface area contributed by atoms with Crippen molar-refractivity contribution < 1.29 is 28.4 Å². The summed E-state index contributed by atoms with van der Waals surface area (Å²) in [5.74, 6) is 3.78. The van der Waals surface area contributed by atoms with Gasteiger partial charge in [-0.15, -0.1) is 0 Å². The van der Waals surface area contributed by atoms with E-state index in [2.05, 4.69) is 117 Å². The molecular weight excluding hydrogens is 729 g/mol. The zero-order chi connectivity index (χ0) is 39.5. The van der Waals surface area contributed by atoms with Gasteiger partial charge >= 0.3 is 0 Å². The van der Waals surface area contributed by atoms with Crippen LogP contribution in [0.3, 0.4) is 0 Å². The Bertz CT molecular complexity index is 1540. The third-order valence-electron chi connectivity index (χ3n) is 11.2. The first-order chi connectivity index (χ1) is 28.8. The van der Waals surface area contributed by atoms with Crippen LogP contribution in [0.5, 0.6) is 23.0 Å². The smallest absolute Gasteiger partial charge is 0.123 e. The fraction of sp³-hybridized carbons (Fsp3) is 0.500. The van der Waals surface area contributed by atoms with E-state index in [0.717, 1.165) is 127 Å². The van der Waals surface area contributed by atoms with Crippen LogP contribution < -0.4 is 18.9 Å². The molecule has 0 aromatic heterocycles. The number of para-hydroxylation sites is 4. The van der Waals surface area contributed by atoms with Crippen LogP contribution >= 0.6 is 0 Å². The summed E-state index contributed by atoms with van der Waals surface area (Å²) in [4.78, 5) is 10.6. The summed E-state index contributed by atoms with van der Waals surface area (Å²) in [5.41, 5.74) is 4.91. The molecule has 3 aliphatic heterocycles. The molecule has 7 rings (SSSR count). The van der Waals surface area contributed by atoms with E-state index in [0.29, 0.717) is 52.9 Å². The van der Waals surface area contributed by atoms with Crippen molar-refractivity contribution in [3.8, 4) is 23.0 Å². The summed E-state index contributed by atoms with van der Waals surface area (Å²) < 4.78 is 37.2. The highest BCUT2D eigenvalue weighted by molar-refractivity contribution is 5.35. The van der Waals surface area contributed by atoms with Crippen LogP contribution in [0.1, 0.15) is 47.9 Å². The molecule has 3 heterocycles. The summed E-state index contributed by atoms with van der Waals surface area (Å²) in [6.45, 7) is 15.6. The van der Waals surface area contributed by atoms with Gasteiger partial charge in [0.05, 0.1) is 26.4 Å². The highest BCUT2D eigenvalue weighted by Crippen LogP contribution is 2.25. The Morgan fingerprint density at radius 2 is 0.500 bits per heavy atom. The Hall–Kier alpha value is -4.16. The van der Waals surface area contributed by atoms with Crippen LogP contribution in [0.2, 0.25) is 0 Å². The van der Waals surface area contributed by atoms with Crippen LogP contribution in [-0.4, -0.2) is 125 Å². The SMILES string of the molecule is c1ccc2c(c1)CN1CCCN(CCCN3CCCN(CCC1)Cc1ccccc1OCCOCCOc1ccccc1C3)Cc1ccccc1OCCOCCO2. The standard InChI is InChI=1S/C48H64N4O6/c1-5-17-45-41(13-1)37-49-21-9-22-50(38-42-14-2-6-18-46(42)56-34-30-53-29-33-55-45)27-12-28-52-24-10-23-51(26-11-25-49)39-43-15-3-7-19-47(43)57-35-31-54-32-36-58-48-20-8-4-16-44(48)40-52/h1-8,13-20H,9-12,21-40H2. The Morgan fingerprint density at radius 1 is 0.276 bits per heavy atom. The Balaban J connectivity index is 1.16. The summed E-state index contributed by atoms with van der Waals surface area (Å²) in [6.07, 6.45) is 4.28. The molecule has 0 N–H and O–H groups in total. The minimum absolute atomic E-state index is 0.507. The van der Waals surface area contributed by atoms with Gasteiger partial charge in [-0.3, -0.25) is 19.6 Å². The van der Waals surface area contributed by atoms with Crippen molar-refractivity contribution in [3.05, 3.63) is 119 Å². The molecule has 0 radical (unpaired) electrons. The first-order valence-electron chi connectivity index (χ1n) is 21.6. The molecule has 312 valence electrons. The van der Waals surface area contributed by atoms with Crippen LogP contribution in [-0.2, 0) is 35.7 Å². The maximum atomic E-state index is 6.32. The molecule has 3 aliphatic rings. The quantitative estimate of drug-likeness (QED) is 0.184. The van der Waals surface area contributed by atoms with Gasteiger partial charge in [-0.1, -0.05) is 72.8 Å². The highest BCUT2D eigenvalue weighted by atomic mass is 16.6. The average molecular weight is 793 g/mol. The molecule has 0 spiro atoms. The molecule has 1 fully saturated rings. The first kappa shape index (κ1) is 42.0. The number of hydrogen-bond donors (Lipinski definition) is 0. The zero-order valence-corrected chi connectivity index (χ0v) is 34.4. The number of rotatable bonds is 0. The van der Waals surface area contributed by atoms with Gasteiger partial charge in [0.25, 0.3) is 0 Å². The second kappa shape index (κ2) is 23.4. The van der Waals surface area contributed by atoms with Gasteiger partial charge in [0.2, 0.25) is 0 Å². The van der Waals surface area contributed by atoms with Crippen LogP contribution in [0, 0.1) is 0 Å². The van der Waals surface area contributed by atoms with Crippen molar-refractivity contribution in [2.45, 2.75) is 51.9 Å². The molecule has 10 heteroatoms. The molecule has 4 aromatic carbocycles. The highest BCUT2D eigenvalue weighted by Gasteiger charge is 2.19. The Kier molecular flexibility index (Phi) is 17.0. The molecule has 4 aromatic rings. The monoisotopic (exact) mass is 792 g/mol. The lowest BCUT2D eigenvalue weighted by Crippen LogP contribution is -2.36. The van der Waals surface area contributed by atoms with E-state index in [1.54, 1.807) is 0 Å². The predicted molar refractivity (Wildman–Crippen MR) is 229 cm³/mol. The Morgan fingerprint density at radius 3 is 0.741 bits per heavy atom. The molecule has 0 unspecified atom stereocenters. The van der Waals surface area contributed by atoms with Gasteiger partial charge in [0.1, 0.15) is 49.4 Å². The van der Waals surface area contributed by atoms with E-state index in [1.807, 2.05) is 0 Å². The lowest BCUT2D eigenvalue weighted by atomic mass is 10.1. The minimum Gasteiger partial charge on any atom is -0.491 e. The van der Waals surface area contributed by atoms with Gasteiger partial charge in [-0.2, -0.15) is 0 Å². The van der Waals surface area contributed by atoms with Crippen LogP contribution in [0.15, 0.2) is 97.1 Å². The number of nitrogens with zero attached hydrogens (tertiary/aromatic N) is 4. The first-order valence-corrected chi connectivity index (χ1v) is 21.6. The summed E-state index contributed by atoms with van der Waals surface area (Å²) >= 11 is 0. The van der Waals surface area contributed by atoms with E-state index in [1.165, 1.54) is 22.3 Å². The molecule has 0 amide bonds. The predicted octanol–water partition coefficient (Wildman–Crippen LogP) is 7.14. The maximum Gasteiger partial charge on any atom is 0.123 e. The molecule has 0 atom stereocenters. The van der Waals surface area contributed by atoms with E-state index in [9.17, 15) is 0 Å². The third kappa shape index (κ3) is 13.4. The van der Waals surface area contributed by atoms with E-state index >= 15 is 0 Å². The fourth-order valence-corrected chi connectivity index (χ4v) is 8.26. The Labute approximate surface area is 346 Å². The van der Waals surface area contributed by atoms with Gasteiger partial charge in [-0.25, -0.2) is 0 Å². The number of fused-ring (bicyclic) bond motifs is 12. The third-order valence-corrected chi connectivity index (χ3v) is 11.2. The molecular formula is C48H64N4O6. The molecule has 4 bridgehead atoms. The largest absolute Gasteiger partial charge is 0.491 e. The van der Waals surface area contributed by atoms with E-state index in [4.69, 9.17) is 28.4 Å². The van der Waals surface area contributed by atoms with Gasteiger partial charge in [0.15, 0.2) is 0 Å². The van der Waals surface area contributed by atoms with E-state index in [-0.39, 0.29) is 0 Å². The van der Waals surface area contributed by atoms with Crippen LogP contribution in [0.4, 0.5) is 0 Å². The number of hydrogen-bond acceptors (Lipinski definition) is 10. The molecule has 0 saturated carbocycles. The second-order valence-electron chi connectivity index (χ2n) is 15.6. The average Bonchev–Trinajstić information content (AvgIpc) is 3.23. The molecule has 58 heavy (non-hydrogen) atoms. The van der Waals surface area contributed by atoms with Crippen molar-refractivity contribution in [2.24, 2.45) is 0 Å². The second-order valence-corrected chi connectivity index (χ2v) is 15.6. The lowest BCUT2D eigenvalue weighted by molar-refractivity contribution is 0.0750. The van der Waals surface area contributed by atoms with Gasteiger partial charge in [-0.05, 0) is 102 Å². The summed E-state index contributed by atoms with van der Waals surface area (Å²) in [6, 6.07) is 34.1. The van der Waals surface area contributed by atoms with Gasteiger partial charge in [0, 0.05) is 48.4 Å². The van der Waals surface area contributed by atoms with Crippen molar-refractivity contribution in [1.29, 1.82) is 0 Å². The lowest BCUT2D eigenvalue weighted by Gasteiger charge is -2.31. The van der Waals surface area contributed by atoms with E-state index < -0.39 is 0 Å². The number of ether oxygens (including phenoxy) is 6. The fourth-order valence-electron chi connectivity index (χ4n) is 8.26.